The van der Waals surface area contributed by atoms with E-state index in [4.69, 9.17) is 28.8 Å². The zero-order valence-corrected chi connectivity index (χ0v) is 11.0. The number of nitrogens with two attached hydrogens (primary N) is 3. The SMILES string of the molecule is CC(C)[C@H](N)CNC(=O)c1nc(Cl)c(N)nc1N. The molecule has 0 saturated heterocycles. The fourth-order valence-corrected chi connectivity index (χ4v) is 1.27. The summed E-state index contributed by atoms with van der Waals surface area (Å²) >= 11 is 5.68. The average Bonchev–Trinajstić information content (AvgIpc) is 2.30. The van der Waals surface area contributed by atoms with Crippen molar-refractivity contribution in [3.05, 3.63) is 10.8 Å². The number of hydrogen-bond acceptors (Lipinski definition) is 6. The fourth-order valence-electron chi connectivity index (χ4n) is 1.14. The van der Waals surface area contributed by atoms with Crippen LogP contribution in [-0.4, -0.2) is 28.5 Å². The summed E-state index contributed by atoms with van der Waals surface area (Å²) in [4.78, 5) is 19.3. The molecule has 1 heterocycles. The van der Waals surface area contributed by atoms with Crippen molar-refractivity contribution in [1.82, 2.24) is 15.3 Å². The molecule has 0 aliphatic carbocycles. The van der Waals surface area contributed by atoms with Gasteiger partial charge in [-0.3, -0.25) is 4.79 Å². The number of nitrogens with one attached hydrogen (secondary N) is 1. The Balaban J connectivity index is 2.76. The zero-order valence-electron chi connectivity index (χ0n) is 10.3. The van der Waals surface area contributed by atoms with Gasteiger partial charge < -0.3 is 22.5 Å². The number of aromatic nitrogens is 2. The van der Waals surface area contributed by atoms with Gasteiger partial charge in [0.1, 0.15) is 0 Å². The van der Waals surface area contributed by atoms with Crippen molar-refractivity contribution in [2.45, 2.75) is 19.9 Å². The molecule has 1 amide bonds. The highest BCUT2D eigenvalue weighted by atomic mass is 35.5. The predicted molar refractivity (Wildman–Crippen MR) is 71.0 cm³/mol. The summed E-state index contributed by atoms with van der Waals surface area (Å²) in [5.41, 5.74) is 16.7. The van der Waals surface area contributed by atoms with Crippen LogP contribution in [0.1, 0.15) is 24.3 Å². The molecular formula is C10H17ClN6O. The minimum Gasteiger partial charge on any atom is -0.382 e. The highest BCUT2D eigenvalue weighted by Gasteiger charge is 2.17. The number of carbonyl (C=O) groups excluding carboxylic acids is 1. The summed E-state index contributed by atoms with van der Waals surface area (Å²) < 4.78 is 0. The Kier molecular flexibility index (Phi) is 4.69. The van der Waals surface area contributed by atoms with Gasteiger partial charge in [-0.25, -0.2) is 9.97 Å². The molecule has 1 aromatic heterocycles. The Morgan fingerprint density at radius 2 is 1.94 bits per heavy atom. The molecule has 100 valence electrons. The highest BCUT2D eigenvalue weighted by molar-refractivity contribution is 6.31. The van der Waals surface area contributed by atoms with Gasteiger partial charge >= 0.3 is 0 Å². The number of carbonyl (C=O) groups is 1. The van der Waals surface area contributed by atoms with E-state index in [-0.39, 0.29) is 34.4 Å². The van der Waals surface area contributed by atoms with Gasteiger partial charge in [0.15, 0.2) is 22.5 Å². The van der Waals surface area contributed by atoms with Crippen LogP contribution in [0.15, 0.2) is 0 Å². The first-order valence-electron chi connectivity index (χ1n) is 5.45. The summed E-state index contributed by atoms with van der Waals surface area (Å²) in [6.45, 7) is 4.25. The van der Waals surface area contributed by atoms with E-state index in [1.165, 1.54) is 0 Å². The van der Waals surface area contributed by atoms with Crippen LogP contribution in [0.3, 0.4) is 0 Å². The molecule has 0 saturated carbocycles. The number of amides is 1. The van der Waals surface area contributed by atoms with E-state index < -0.39 is 5.91 Å². The second kappa shape index (κ2) is 5.83. The topological polar surface area (TPSA) is 133 Å². The van der Waals surface area contributed by atoms with Crippen LogP contribution in [0, 0.1) is 5.92 Å². The lowest BCUT2D eigenvalue weighted by atomic mass is 10.1. The molecule has 7 N–H and O–H groups in total. The molecule has 0 fully saturated rings. The van der Waals surface area contributed by atoms with Crippen LogP contribution in [0.2, 0.25) is 5.15 Å². The normalized spacial score (nSPS) is 12.5. The fraction of sp³-hybridized carbons (Fsp3) is 0.500. The van der Waals surface area contributed by atoms with Crippen LogP contribution in [0.4, 0.5) is 11.6 Å². The zero-order chi connectivity index (χ0) is 13.9. The standard InChI is InChI=1S/C10H17ClN6O/c1-4(2)5(12)3-15-10(18)6-8(13)17-9(14)7(11)16-6/h4-5H,3,12H2,1-2H3,(H,15,18)(H4,13,14,17)/t5-/m1/s1. The van der Waals surface area contributed by atoms with Gasteiger partial charge in [-0.15, -0.1) is 0 Å². The molecule has 8 heteroatoms. The second-order valence-electron chi connectivity index (χ2n) is 4.25. The van der Waals surface area contributed by atoms with Crippen LogP contribution < -0.4 is 22.5 Å². The van der Waals surface area contributed by atoms with Crippen molar-refractivity contribution >= 4 is 29.1 Å². The Hall–Kier alpha value is -1.60. The number of nitrogen functional groups attached to an aromatic ring is 2. The number of nitrogens with zero attached hydrogens (tertiary/aromatic N) is 2. The third-order valence-electron chi connectivity index (χ3n) is 2.47. The molecule has 0 bridgehead atoms. The molecule has 0 spiro atoms. The molecule has 7 nitrogen and oxygen atoms in total. The molecule has 0 unspecified atom stereocenters. The summed E-state index contributed by atoms with van der Waals surface area (Å²) in [6, 6.07) is -0.146. The van der Waals surface area contributed by atoms with Gasteiger partial charge in [0.25, 0.3) is 5.91 Å². The Labute approximate surface area is 110 Å². The van der Waals surface area contributed by atoms with Gasteiger partial charge in [-0.2, -0.15) is 0 Å². The Morgan fingerprint density at radius 3 is 2.50 bits per heavy atom. The molecule has 18 heavy (non-hydrogen) atoms. The van der Waals surface area contributed by atoms with E-state index in [1.54, 1.807) is 0 Å². The van der Waals surface area contributed by atoms with Gasteiger partial charge in [0, 0.05) is 12.6 Å². The van der Waals surface area contributed by atoms with E-state index in [9.17, 15) is 4.79 Å². The van der Waals surface area contributed by atoms with Crippen LogP contribution in [0.25, 0.3) is 0 Å². The molecular weight excluding hydrogens is 256 g/mol. The minimum absolute atomic E-state index is 0.00963. The van der Waals surface area contributed by atoms with E-state index in [0.29, 0.717) is 6.54 Å². The van der Waals surface area contributed by atoms with E-state index in [2.05, 4.69) is 15.3 Å². The van der Waals surface area contributed by atoms with E-state index in [0.717, 1.165) is 0 Å². The Morgan fingerprint density at radius 1 is 1.33 bits per heavy atom. The second-order valence-corrected chi connectivity index (χ2v) is 4.61. The largest absolute Gasteiger partial charge is 0.382 e. The quantitative estimate of drug-likeness (QED) is 0.610. The third kappa shape index (κ3) is 3.44. The van der Waals surface area contributed by atoms with Crippen molar-refractivity contribution in [1.29, 1.82) is 0 Å². The number of anilines is 2. The van der Waals surface area contributed by atoms with Crippen molar-refractivity contribution in [3.8, 4) is 0 Å². The maximum absolute atomic E-state index is 11.8. The van der Waals surface area contributed by atoms with E-state index in [1.807, 2.05) is 13.8 Å². The van der Waals surface area contributed by atoms with Crippen LogP contribution in [-0.2, 0) is 0 Å². The molecule has 0 radical (unpaired) electrons. The first kappa shape index (κ1) is 14.5. The molecule has 1 aromatic rings. The van der Waals surface area contributed by atoms with Crippen molar-refractivity contribution in [3.63, 3.8) is 0 Å². The predicted octanol–water partition coefficient (Wildman–Crippen LogP) is 0.00750. The number of rotatable bonds is 4. The third-order valence-corrected chi connectivity index (χ3v) is 2.75. The van der Waals surface area contributed by atoms with Crippen molar-refractivity contribution in [2.24, 2.45) is 11.7 Å². The molecule has 0 aromatic carbocycles. The number of hydrogen-bond donors (Lipinski definition) is 4. The Bertz CT molecular complexity index is 450. The first-order chi connectivity index (χ1) is 8.32. The highest BCUT2D eigenvalue weighted by Crippen LogP contribution is 2.17. The van der Waals surface area contributed by atoms with Gasteiger partial charge in [0.2, 0.25) is 0 Å². The molecule has 1 atom stereocenters. The lowest BCUT2D eigenvalue weighted by molar-refractivity contribution is 0.0945. The van der Waals surface area contributed by atoms with Gasteiger partial charge in [-0.05, 0) is 5.92 Å². The van der Waals surface area contributed by atoms with Crippen LogP contribution >= 0.6 is 11.6 Å². The molecule has 0 aliphatic rings. The van der Waals surface area contributed by atoms with Crippen LogP contribution in [0.5, 0.6) is 0 Å². The summed E-state index contributed by atoms with van der Waals surface area (Å²) in [7, 11) is 0. The van der Waals surface area contributed by atoms with Gasteiger partial charge in [0.05, 0.1) is 0 Å². The number of halogens is 1. The van der Waals surface area contributed by atoms with Gasteiger partial charge in [-0.1, -0.05) is 25.4 Å². The summed E-state index contributed by atoms with van der Waals surface area (Å²) in [5.74, 6) is -0.293. The van der Waals surface area contributed by atoms with Crippen molar-refractivity contribution < 1.29 is 4.79 Å². The monoisotopic (exact) mass is 272 g/mol. The first-order valence-corrected chi connectivity index (χ1v) is 5.83. The summed E-state index contributed by atoms with van der Waals surface area (Å²) in [6.07, 6.45) is 0. The minimum atomic E-state index is -0.474. The maximum atomic E-state index is 11.8. The van der Waals surface area contributed by atoms with Crippen molar-refractivity contribution in [2.75, 3.05) is 18.0 Å². The molecule has 1 rings (SSSR count). The lowest BCUT2D eigenvalue weighted by Crippen LogP contribution is -2.40. The lowest BCUT2D eigenvalue weighted by Gasteiger charge is -2.16. The van der Waals surface area contributed by atoms with E-state index >= 15 is 0 Å². The molecule has 0 aliphatic heterocycles. The smallest absolute Gasteiger partial charge is 0.273 e. The maximum Gasteiger partial charge on any atom is 0.273 e. The summed E-state index contributed by atoms with van der Waals surface area (Å²) in [5, 5.41) is 2.57. The average molecular weight is 273 g/mol.